The van der Waals surface area contributed by atoms with Crippen molar-refractivity contribution in [3.8, 4) is 85.3 Å². The van der Waals surface area contributed by atoms with E-state index < -0.39 is 0 Å². The van der Waals surface area contributed by atoms with Gasteiger partial charge in [-0.1, -0.05) is 176 Å². The zero-order valence-electron chi connectivity index (χ0n) is 34.5. The van der Waals surface area contributed by atoms with E-state index in [-0.39, 0.29) is 11.8 Å². The van der Waals surface area contributed by atoms with Gasteiger partial charge in [0.2, 0.25) is 0 Å². The lowest BCUT2D eigenvalue weighted by atomic mass is 9.60. The minimum absolute atomic E-state index is 0.0414. The van der Waals surface area contributed by atoms with Crippen LogP contribution >= 0.6 is 0 Å². The molecule has 6 nitrogen and oxygen atoms in total. The fourth-order valence-electron chi connectivity index (χ4n) is 9.48. The molecular weight excluding hydrogens is 781 g/mol. The molecule has 0 saturated heterocycles. The van der Waals surface area contributed by atoms with Gasteiger partial charge in [-0.15, -0.1) is 0 Å². The molecule has 0 radical (unpaired) electrons. The first-order valence-corrected chi connectivity index (χ1v) is 21.4. The number of hydrogen-bond acceptors (Lipinski definition) is 6. The number of nitrogens with zero attached hydrogens (tertiary/aromatic N) is 6. The lowest BCUT2D eigenvalue weighted by molar-refractivity contribution is 0.754. The number of benzene rings is 8. The minimum atomic E-state index is 0.0414. The molecule has 2 aromatic heterocycles. The molecule has 3 aliphatic rings. The molecule has 0 aliphatic heterocycles. The highest BCUT2D eigenvalue weighted by molar-refractivity contribution is 5.78. The second kappa shape index (κ2) is 15.4. The first-order valence-electron chi connectivity index (χ1n) is 21.4. The molecule has 2 heterocycles. The van der Waals surface area contributed by atoms with Crippen molar-refractivity contribution in [1.29, 1.82) is 5.26 Å². The van der Waals surface area contributed by atoms with Gasteiger partial charge in [0, 0.05) is 45.2 Å². The molecule has 0 amide bonds. The molecule has 0 fully saturated rings. The van der Waals surface area contributed by atoms with Gasteiger partial charge in [0.25, 0.3) is 0 Å². The molecule has 13 rings (SSSR count). The molecule has 64 heavy (non-hydrogen) atoms. The summed E-state index contributed by atoms with van der Waals surface area (Å²) in [7, 11) is 0. The quantitative estimate of drug-likeness (QED) is 0.159. The van der Waals surface area contributed by atoms with Crippen LogP contribution in [0.2, 0.25) is 0 Å². The normalized spacial score (nSPS) is 14.2. The molecule has 10 aromatic rings. The number of aromatic nitrogens is 5. The van der Waals surface area contributed by atoms with Crippen molar-refractivity contribution in [2.24, 2.45) is 0 Å². The van der Waals surface area contributed by atoms with Gasteiger partial charge in [0.05, 0.1) is 23.0 Å². The number of hydrogen-bond donors (Lipinski definition) is 0. The summed E-state index contributed by atoms with van der Waals surface area (Å²) in [5, 5.41) is 9.28. The average Bonchev–Trinajstić information content (AvgIpc) is 3.38. The molecule has 6 heteroatoms. The van der Waals surface area contributed by atoms with Crippen LogP contribution in [0.25, 0.3) is 79.2 Å². The molecule has 2 atom stereocenters. The van der Waals surface area contributed by atoms with Crippen molar-refractivity contribution in [3.05, 3.63) is 245 Å². The summed E-state index contributed by atoms with van der Waals surface area (Å²) < 4.78 is 0. The van der Waals surface area contributed by atoms with Crippen LogP contribution in [0.3, 0.4) is 0 Å². The maximum Gasteiger partial charge on any atom is 0.164 e. The predicted molar refractivity (Wildman–Crippen MR) is 253 cm³/mol. The van der Waals surface area contributed by atoms with E-state index >= 15 is 0 Å². The molecule has 0 N–H and O–H groups in total. The van der Waals surface area contributed by atoms with Gasteiger partial charge in [0.1, 0.15) is 0 Å². The van der Waals surface area contributed by atoms with Crippen molar-refractivity contribution in [1.82, 2.24) is 24.9 Å². The Bertz CT molecular complexity index is 3380. The smallest absolute Gasteiger partial charge is 0.164 e. The lowest BCUT2D eigenvalue weighted by Crippen LogP contribution is -2.27. The van der Waals surface area contributed by atoms with Crippen molar-refractivity contribution >= 4 is 0 Å². The fourth-order valence-corrected chi connectivity index (χ4v) is 9.48. The second-order valence-corrected chi connectivity index (χ2v) is 16.3. The highest BCUT2D eigenvalue weighted by atomic mass is 15.0. The minimum Gasteiger partial charge on any atom is -0.228 e. The number of nitriles is 1. The maximum atomic E-state index is 9.28. The van der Waals surface area contributed by atoms with E-state index in [1.165, 1.54) is 33.4 Å². The maximum absolute atomic E-state index is 9.28. The van der Waals surface area contributed by atoms with E-state index in [2.05, 4.69) is 109 Å². The topological polar surface area (TPSA) is 88.2 Å². The van der Waals surface area contributed by atoms with E-state index in [1.807, 2.05) is 103 Å². The molecule has 8 aromatic carbocycles. The molecular formula is C58H36N6. The van der Waals surface area contributed by atoms with Gasteiger partial charge in [-0.2, -0.15) is 5.26 Å². The highest BCUT2D eigenvalue weighted by Gasteiger charge is 2.41. The van der Waals surface area contributed by atoms with E-state index in [9.17, 15) is 5.26 Å². The summed E-state index contributed by atoms with van der Waals surface area (Å²) in [6.07, 6.45) is 0. The van der Waals surface area contributed by atoms with Gasteiger partial charge in [-0.05, 0) is 74.8 Å². The summed E-state index contributed by atoms with van der Waals surface area (Å²) in [6, 6.07) is 73.5. The molecule has 2 unspecified atom stereocenters. The summed E-state index contributed by atoms with van der Waals surface area (Å²) in [4.78, 5) is 25.5. The third-order valence-electron chi connectivity index (χ3n) is 12.6. The van der Waals surface area contributed by atoms with E-state index in [0.29, 0.717) is 28.9 Å². The monoisotopic (exact) mass is 816 g/mol. The predicted octanol–water partition coefficient (Wildman–Crippen LogP) is 13.2. The Hall–Kier alpha value is -8.66. The lowest BCUT2D eigenvalue weighted by Gasteiger charge is -2.42. The second-order valence-electron chi connectivity index (χ2n) is 16.3. The summed E-state index contributed by atoms with van der Waals surface area (Å²) in [6.45, 7) is 0. The van der Waals surface area contributed by atoms with Gasteiger partial charge in [-0.3, -0.25) is 0 Å². The fraction of sp³-hybridized carbons (Fsp3) is 0.0345. The Morgan fingerprint density at radius 1 is 0.281 bits per heavy atom. The van der Waals surface area contributed by atoms with Crippen molar-refractivity contribution in [3.63, 3.8) is 0 Å². The SMILES string of the molecule is N#Cc1ccc(-c2ccc(-c3cc(-c4ccc5c(c4)C4c6ccccc6C5c5cc(-c6nc(-c7ccccc7)nc(-c7ccccc7)n6)ccc54)nc(-c4ccccc4)n3)cc2)cc1. The Labute approximate surface area is 371 Å². The first-order chi connectivity index (χ1) is 31.6. The third-order valence-corrected chi connectivity index (χ3v) is 12.6. The van der Waals surface area contributed by atoms with Crippen LogP contribution in [0.1, 0.15) is 50.8 Å². The molecule has 0 saturated carbocycles. The van der Waals surface area contributed by atoms with Crippen LogP contribution in [-0.4, -0.2) is 24.9 Å². The van der Waals surface area contributed by atoms with E-state index in [4.69, 9.17) is 24.9 Å². The summed E-state index contributed by atoms with van der Waals surface area (Å²) in [5.74, 6) is 2.71. The van der Waals surface area contributed by atoms with Crippen LogP contribution < -0.4 is 0 Å². The van der Waals surface area contributed by atoms with Crippen molar-refractivity contribution in [2.45, 2.75) is 11.8 Å². The van der Waals surface area contributed by atoms with E-state index in [1.54, 1.807) is 0 Å². The first kappa shape index (κ1) is 37.1. The van der Waals surface area contributed by atoms with E-state index in [0.717, 1.165) is 55.9 Å². The molecule has 298 valence electrons. The van der Waals surface area contributed by atoms with Gasteiger partial charge < -0.3 is 0 Å². The molecule has 2 bridgehead atoms. The zero-order chi connectivity index (χ0) is 42.6. The molecule has 3 aliphatic carbocycles. The Morgan fingerprint density at radius 2 is 0.641 bits per heavy atom. The zero-order valence-corrected chi connectivity index (χ0v) is 34.5. The Balaban J connectivity index is 0.955. The number of rotatable bonds is 7. The standard InChI is InChI=1S/C58H36N6/c59-35-36-20-22-37(23-21-36)38-24-26-39(27-25-38)51-34-52(61-55(60-51)40-12-4-1-5-13-40)43-28-30-47-49(32-43)53-45-18-10-11-19-46(45)54(47)50-33-44(29-31-48(50)53)58-63-56(41-14-6-2-7-15-41)62-57(64-58)42-16-8-3-9-17-42/h1-34,53-54H. The van der Waals surface area contributed by atoms with Gasteiger partial charge in [0.15, 0.2) is 23.3 Å². The average molecular weight is 817 g/mol. The van der Waals surface area contributed by atoms with Crippen LogP contribution in [0, 0.1) is 11.3 Å². The van der Waals surface area contributed by atoms with Crippen molar-refractivity contribution < 1.29 is 0 Å². The van der Waals surface area contributed by atoms with Gasteiger partial charge in [-0.25, -0.2) is 24.9 Å². The van der Waals surface area contributed by atoms with Crippen LogP contribution in [0.5, 0.6) is 0 Å². The summed E-state index contributed by atoms with van der Waals surface area (Å²) >= 11 is 0. The van der Waals surface area contributed by atoms with Crippen LogP contribution in [-0.2, 0) is 0 Å². The Morgan fingerprint density at radius 3 is 1.14 bits per heavy atom. The molecule has 0 spiro atoms. The largest absolute Gasteiger partial charge is 0.228 e. The van der Waals surface area contributed by atoms with Crippen LogP contribution in [0.15, 0.2) is 206 Å². The summed E-state index contributed by atoms with van der Waals surface area (Å²) in [5.41, 5.74) is 18.2. The van der Waals surface area contributed by atoms with Crippen molar-refractivity contribution in [2.75, 3.05) is 0 Å². The highest BCUT2D eigenvalue weighted by Crippen LogP contribution is 2.56. The Kier molecular flexibility index (Phi) is 8.91. The van der Waals surface area contributed by atoms with Crippen LogP contribution in [0.4, 0.5) is 0 Å². The van der Waals surface area contributed by atoms with Gasteiger partial charge >= 0.3 is 0 Å². The third kappa shape index (κ3) is 6.47.